The van der Waals surface area contributed by atoms with Gasteiger partial charge in [0, 0.05) is 72.1 Å². The van der Waals surface area contributed by atoms with Gasteiger partial charge in [-0.1, -0.05) is 0 Å². The topological polar surface area (TPSA) is 297 Å². The number of nitrogens with zero attached hydrogens (tertiary/aromatic N) is 1. The average Bonchev–Trinajstić information content (AvgIpc) is 3.06. The Morgan fingerprint density at radius 2 is 1.53 bits per heavy atom. The van der Waals surface area contributed by atoms with Crippen LogP contribution in [0.25, 0.3) is 0 Å². The third kappa shape index (κ3) is 8.94. The molecule has 3 aliphatic rings. The zero-order valence-electron chi connectivity index (χ0n) is 20.0. The van der Waals surface area contributed by atoms with E-state index in [1.807, 2.05) is 5.32 Å². The summed E-state index contributed by atoms with van der Waals surface area (Å²) in [6.45, 7) is -2.20. The Bertz CT molecular complexity index is 932. The van der Waals surface area contributed by atoms with Gasteiger partial charge in [-0.05, 0) is 0 Å². The first-order valence-corrected chi connectivity index (χ1v) is 13.2. The maximum Gasteiger partial charge on any atom is 0.326 e. The summed E-state index contributed by atoms with van der Waals surface area (Å²) in [5, 5.41) is 60.4. The third-order valence-corrected chi connectivity index (χ3v) is 7.94. The Morgan fingerprint density at radius 3 is 2.11 bits per heavy atom. The quantitative estimate of drug-likeness (QED) is 0.0940. The number of hydrogen-bond acceptors (Lipinski definition) is 17. The molecule has 0 aromatic carbocycles. The Kier molecular flexibility index (Phi) is 14.4. The van der Waals surface area contributed by atoms with Crippen molar-refractivity contribution in [2.75, 3.05) is 19.8 Å². The van der Waals surface area contributed by atoms with Crippen LogP contribution in [0.15, 0.2) is 0 Å². The normalized spacial score (nSPS) is 38.8. The number of aliphatic hydroxyl groups excluding tert-OH is 6. The van der Waals surface area contributed by atoms with Gasteiger partial charge in [0.1, 0.15) is 42.7 Å². The zero-order valence-corrected chi connectivity index (χ0v) is 25.8. The Balaban J connectivity index is 0.00000361. The maximum atomic E-state index is 12.0. The molecule has 7 N–H and O–H groups in total. The average molecular weight is 612 g/mol. The van der Waals surface area contributed by atoms with E-state index < -0.39 is 96.0 Å². The van der Waals surface area contributed by atoms with Crippen LogP contribution in [0.1, 0.15) is 6.42 Å². The van der Waals surface area contributed by atoms with Crippen LogP contribution in [0.5, 0.6) is 0 Å². The molecule has 3 heterocycles. The van der Waals surface area contributed by atoms with Crippen LogP contribution in [0.4, 0.5) is 4.79 Å². The number of amides is 3. The second kappa shape index (κ2) is 14.9. The van der Waals surface area contributed by atoms with Gasteiger partial charge in [-0.25, -0.2) is 9.11 Å². The third-order valence-electron chi connectivity index (χ3n) is 5.41. The summed E-state index contributed by atoms with van der Waals surface area (Å²) in [7, 11) is -11.7. The van der Waals surface area contributed by atoms with E-state index in [9.17, 15) is 54.0 Å². The van der Waals surface area contributed by atoms with E-state index in [0.29, 0.717) is 0 Å². The van der Waals surface area contributed by atoms with Crippen molar-refractivity contribution in [1.82, 2.24) is 10.2 Å². The molecule has 11 atom stereocenters. The fraction of sp³-hybridized carbons (Fsp3) is 0.867. The van der Waals surface area contributed by atoms with Crippen LogP contribution in [-0.4, -0.2) is 182 Å². The van der Waals surface area contributed by atoms with Crippen molar-refractivity contribution in [1.29, 1.82) is 0 Å². The summed E-state index contributed by atoms with van der Waals surface area (Å²) in [6.07, 6.45) is -16.7. The number of nitrogens with one attached hydrogen (secondary N) is 1. The number of hydrogen-bond donors (Lipinski definition) is 7. The van der Waals surface area contributed by atoms with Gasteiger partial charge < -0.3 is 54.4 Å². The van der Waals surface area contributed by atoms with Crippen molar-refractivity contribution >= 4 is 86.7 Å². The molecule has 0 aromatic rings. The summed E-state index contributed by atoms with van der Waals surface area (Å²) in [5.74, 6) is -0.582. The van der Waals surface area contributed by atoms with Crippen molar-refractivity contribution in [3.05, 3.63) is 0 Å². The summed E-state index contributed by atoms with van der Waals surface area (Å²) in [5.41, 5.74) is 0. The van der Waals surface area contributed by atoms with Gasteiger partial charge >= 0.3 is 6.03 Å². The number of imide groups is 1. The Hall–Kier alpha value is 0.880. The van der Waals surface area contributed by atoms with Crippen LogP contribution >= 0.6 is 15.6 Å². The van der Waals surface area contributed by atoms with Gasteiger partial charge in [0.15, 0.2) is 12.5 Å². The molecule has 3 rings (SSSR count). The molecule has 0 saturated carbocycles. The second-order valence-electron chi connectivity index (χ2n) is 7.92. The molecule has 0 aliphatic carbocycles. The summed E-state index contributed by atoms with van der Waals surface area (Å²) in [6, 6.07) is -0.931. The molecule has 2 unspecified atom stereocenters. The van der Waals surface area contributed by atoms with Gasteiger partial charge in [0.25, 0.3) is 15.6 Å². The minimum absolute atomic E-state index is 0. The Morgan fingerprint density at radius 1 is 0.921 bits per heavy atom. The fourth-order valence-corrected chi connectivity index (χ4v) is 5.64. The molecule has 3 aliphatic heterocycles. The first-order valence-electron chi connectivity index (χ1n) is 10.2. The van der Waals surface area contributed by atoms with Crippen LogP contribution < -0.4 is 15.1 Å². The number of phosphoric ester groups is 2. The molecular formula is C15H24N2Na2O17P2-2. The first-order chi connectivity index (χ1) is 16.7. The van der Waals surface area contributed by atoms with Crippen LogP contribution in [0.3, 0.4) is 0 Å². The Labute approximate surface area is 258 Å². The molecule has 0 bridgehead atoms. The minimum atomic E-state index is -5.90. The monoisotopic (exact) mass is 612 g/mol. The number of rotatable bonds is 9. The number of aliphatic hydroxyl groups is 6. The molecule has 3 amide bonds. The van der Waals surface area contributed by atoms with Crippen LogP contribution in [0.2, 0.25) is 0 Å². The van der Waals surface area contributed by atoms with E-state index in [1.165, 1.54) is 0 Å². The largest absolute Gasteiger partial charge is 0.756 e. The van der Waals surface area contributed by atoms with Crippen molar-refractivity contribution in [3.8, 4) is 0 Å². The number of ether oxygens (including phenoxy) is 2. The number of carbonyl (C=O) groups is 2. The van der Waals surface area contributed by atoms with Crippen LogP contribution in [-0.2, 0) is 36.8 Å². The summed E-state index contributed by atoms with van der Waals surface area (Å²) >= 11 is 0. The zero-order chi connectivity index (χ0) is 27.0. The van der Waals surface area contributed by atoms with Gasteiger partial charge in [-0.2, -0.15) is 0 Å². The van der Waals surface area contributed by atoms with Gasteiger partial charge in [0.05, 0.1) is 13.2 Å². The minimum Gasteiger partial charge on any atom is -0.756 e. The van der Waals surface area contributed by atoms with Crippen molar-refractivity contribution in [3.63, 3.8) is 0 Å². The SMILES string of the molecule is O=C1CCN([C@@H]2O[C@H](COP(=O)([O-])OP(=O)([O-])O[C@H]3O[C@H](CO)[C@H](O)[C@H](O)[C@H]3O)[C@@H](O)[C@H]2O)C(=O)N1.[Na].[Na]. The van der Waals surface area contributed by atoms with E-state index in [2.05, 4.69) is 13.4 Å². The predicted octanol–water partition coefficient (Wildman–Crippen LogP) is -6.60. The van der Waals surface area contributed by atoms with Gasteiger partial charge in [0.2, 0.25) is 5.91 Å². The molecule has 38 heavy (non-hydrogen) atoms. The van der Waals surface area contributed by atoms with E-state index in [4.69, 9.17) is 14.6 Å². The number of phosphoric acid groups is 2. The van der Waals surface area contributed by atoms with Gasteiger partial charge in [-0.3, -0.25) is 28.7 Å². The molecule has 210 valence electrons. The summed E-state index contributed by atoms with van der Waals surface area (Å²) in [4.78, 5) is 48.1. The second-order valence-corrected chi connectivity index (χ2v) is 10.8. The smallest absolute Gasteiger partial charge is 0.326 e. The summed E-state index contributed by atoms with van der Waals surface area (Å²) < 4.78 is 46.5. The van der Waals surface area contributed by atoms with Crippen molar-refractivity contribution in [2.24, 2.45) is 0 Å². The maximum absolute atomic E-state index is 12.0. The van der Waals surface area contributed by atoms with Crippen molar-refractivity contribution < 1.29 is 82.0 Å². The molecule has 3 saturated heterocycles. The van der Waals surface area contributed by atoms with E-state index in [1.54, 1.807) is 0 Å². The molecule has 2 radical (unpaired) electrons. The van der Waals surface area contributed by atoms with E-state index >= 15 is 0 Å². The number of carbonyl (C=O) groups excluding carboxylic acids is 2. The molecule has 0 aromatic heterocycles. The van der Waals surface area contributed by atoms with Crippen LogP contribution in [0, 0.1) is 0 Å². The molecule has 19 nitrogen and oxygen atoms in total. The molecular weight excluding hydrogens is 588 g/mol. The standard InChI is InChI=1S/C15H26N2O17P2.2Na/c18-3-5-8(20)10(22)12(24)14(32-5)33-36(28,29)34-35(26,27)30-4-6-9(21)11(23)13(31-6)17-2-1-7(19)16-15(17)25;;/h5-6,8-14,18,20-24H,1-4H2,(H,26,27)(H,28,29)(H,16,19,25);;/p-2/t5-,6-,8+,9-,10+,11-,12-,13-,14-;;/m1../s1. The molecule has 3 fully saturated rings. The number of urea groups is 1. The first kappa shape index (κ1) is 36.9. The van der Waals surface area contributed by atoms with E-state index in [-0.39, 0.29) is 72.1 Å². The molecule has 23 heteroatoms. The van der Waals surface area contributed by atoms with E-state index in [0.717, 1.165) is 4.90 Å². The van der Waals surface area contributed by atoms with Gasteiger partial charge in [-0.15, -0.1) is 0 Å². The molecule has 0 spiro atoms. The predicted molar refractivity (Wildman–Crippen MR) is 114 cm³/mol. The fourth-order valence-electron chi connectivity index (χ4n) is 3.56. The van der Waals surface area contributed by atoms with Crippen molar-refractivity contribution in [2.45, 2.75) is 61.7 Å².